The van der Waals surface area contributed by atoms with E-state index in [1.165, 1.54) is 11.0 Å². The molecule has 0 saturated carbocycles. The predicted molar refractivity (Wildman–Crippen MR) is 94.3 cm³/mol. The van der Waals surface area contributed by atoms with Gasteiger partial charge in [-0.15, -0.1) is 0 Å². The fourth-order valence-corrected chi connectivity index (χ4v) is 3.54. The number of benzene rings is 1. The van der Waals surface area contributed by atoms with Crippen molar-refractivity contribution in [3.63, 3.8) is 0 Å². The molecule has 6 nitrogen and oxygen atoms in total. The van der Waals surface area contributed by atoms with Crippen LogP contribution < -0.4 is 15.3 Å². The molecular weight excluding hydrogens is 322 g/mol. The summed E-state index contributed by atoms with van der Waals surface area (Å²) >= 11 is 0. The van der Waals surface area contributed by atoms with E-state index in [4.69, 9.17) is 13.9 Å². The molecule has 0 radical (unpaired) electrons. The Morgan fingerprint density at radius 3 is 2.72 bits per heavy atom. The summed E-state index contributed by atoms with van der Waals surface area (Å²) in [7, 11) is 0. The van der Waals surface area contributed by atoms with Crippen LogP contribution in [0.5, 0.6) is 5.75 Å². The number of rotatable bonds is 5. The summed E-state index contributed by atoms with van der Waals surface area (Å²) < 4.78 is 16.6. The van der Waals surface area contributed by atoms with Gasteiger partial charge in [0.25, 0.3) is 0 Å². The van der Waals surface area contributed by atoms with Crippen molar-refractivity contribution < 1.29 is 23.9 Å². The van der Waals surface area contributed by atoms with Crippen molar-refractivity contribution >= 4 is 11.0 Å². The SMILES string of the molecule is Cc1cc(=O)oc2cc(OCC(O)C[NH+]3CC(C)OC(C)C3)ccc12. The van der Waals surface area contributed by atoms with E-state index in [0.29, 0.717) is 17.9 Å². The second-order valence-electron chi connectivity index (χ2n) is 6.99. The van der Waals surface area contributed by atoms with E-state index in [1.54, 1.807) is 6.07 Å². The zero-order chi connectivity index (χ0) is 18.0. The predicted octanol–water partition coefficient (Wildman–Crippen LogP) is 0.533. The number of quaternary nitrogens is 1. The Balaban J connectivity index is 1.59. The Labute approximate surface area is 147 Å². The van der Waals surface area contributed by atoms with Crippen molar-refractivity contribution in [3.8, 4) is 5.75 Å². The molecule has 2 N–H and O–H groups in total. The monoisotopic (exact) mass is 348 g/mol. The molecule has 1 aromatic carbocycles. The van der Waals surface area contributed by atoms with E-state index >= 15 is 0 Å². The van der Waals surface area contributed by atoms with Crippen LogP contribution >= 0.6 is 0 Å². The molecule has 136 valence electrons. The van der Waals surface area contributed by atoms with Gasteiger partial charge >= 0.3 is 5.63 Å². The lowest BCUT2D eigenvalue weighted by Gasteiger charge is -2.33. The first-order valence-corrected chi connectivity index (χ1v) is 8.75. The largest absolute Gasteiger partial charge is 0.491 e. The van der Waals surface area contributed by atoms with Crippen LogP contribution in [0.1, 0.15) is 19.4 Å². The summed E-state index contributed by atoms with van der Waals surface area (Å²) in [4.78, 5) is 12.8. The molecule has 2 aromatic rings. The highest BCUT2D eigenvalue weighted by molar-refractivity contribution is 5.81. The summed E-state index contributed by atoms with van der Waals surface area (Å²) in [5, 5.41) is 11.2. The molecular formula is C19H26NO5+. The van der Waals surface area contributed by atoms with Gasteiger partial charge in [-0.2, -0.15) is 0 Å². The average molecular weight is 348 g/mol. The number of aliphatic hydroxyl groups excluding tert-OH is 1. The maximum atomic E-state index is 11.5. The van der Waals surface area contributed by atoms with Crippen LogP contribution in [0.4, 0.5) is 0 Å². The van der Waals surface area contributed by atoms with Gasteiger partial charge in [-0.05, 0) is 38.5 Å². The van der Waals surface area contributed by atoms with Gasteiger partial charge in [0.1, 0.15) is 55.9 Å². The zero-order valence-electron chi connectivity index (χ0n) is 15.0. The van der Waals surface area contributed by atoms with Gasteiger partial charge in [-0.1, -0.05) is 0 Å². The van der Waals surface area contributed by atoms with E-state index in [0.717, 1.165) is 24.0 Å². The number of hydrogen-bond acceptors (Lipinski definition) is 5. The molecule has 0 aliphatic carbocycles. The Morgan fingerprint density at radius 2 is 2.00 bits per heavy atom. The first-order valence-electron chi connectivity index (χ1n) is 8.75. The smallest absolute Gasteiger partial charge is 0.336 e. The quantitative estimate of drug-likeness (QED) is 0.772. The van der Waals surface area contributed by atoms with Crippen molar-refractivity contribution in [2.75, 3.05) is 26.2 Å². The van der Waals surface area contributed by atoms with Gasteiger partial charge in [-0.25, -0.2) is 4.79 Å². The lowest BCUT2D eigenvalue weighted by atomic mass is 10.1. The lowest BCUT2D eigenvalue weighted by Crippen LogP contribution is -3.16. The van der Waals surface area contributed by atoms with Crippen molar-refractivity contribution in [3.05, 3.63) is 40.2 Å². The molecule has 6 heteroatoms. The summed E-state index contributed by atoms with van der Waals surface area (Å²) in [6, 6.07) is 6.86. The molecule has 1 aliphatic rings. The van der Waals surface area contributed by atoms with Crippen molar-refractivity contribution in [2.45, 2.75) is 39.1 Å². The molecule has 3 rings (SSSR count). The van der Waals surface area contributed by atoms with Crippen LogP contribution in [0.15, 0.2) is 33.5 Å². The molecule has 0 bridgehead atoms. The normalized spacial score (nSPS) is 25.0. The fourth-order valence-electron chi connectivity index (χ4n) is 3.54. The van der Waals surface area contributed by atoms with Gasteiger partial charge in [0.05, 0.1) is 0 Å². The number of aryl methyl sites for hydroxylation is 1. The molecule has 1 saturated heterocycles. The second-order valence-corrected chi connectivity index (χ2v) is 6.99. The van der Waals surface area contributed by atoms with Crippen LogP contribution in [0.25, 0.3) is 11.0 Å². The van der Waals surface area contributed by atoms with Gasteiger partial charge in [0.2, 0.25) is 0 Å². The van der Waals surface area contributed by atoms with Crippen molar-refractivity contribution in [2.24, 2.45) is 0 Å². The minimum absolute atomic E-state index is 0.203. The number of hydrogen-bond donors (Lipinski definition) is 2. The highest BCUT2D eigenvalue weighted by Gasteiger charge is 2.27. The first-order chi connectivity index (χ1) is 11.9. The Hall–Kier alpha value is -1.89. The summed E-state index contributed by atoms with van der Waals surface area (Å²) in [6.07, 6.45) is -0.148. The Bertz CT molecular complexity index is 777. The highest BCUT2D eigenvalue weighted by Crippen LogP contribution is 2.22. The molecule has 1 aromatic heterocycles. The van der Waals surface area contributed by atoms with E-state index in [9.17, 15) is 9.90 Å². The number of ether oxygens (including phenoxy) is 2. The molecule has 1 aliphatic heterocycles. The minimum Gasteiger partial charge on any atom is -0.491 e. The van der Waals surface area contributed by atoms with Crippen LogP contribution in [-0.4, -0.2) is 49.7 Å². The molecule has 3 atom stereocenters. The van der Waals surface area contributed by atoms with Crippen LogP contribution in [0.3, 0.4) is 0 Å². The lowest BCUT2D eigenvalue weighted by molar-refractivity contribution is -0.918. The molecule has 25 heavy (non-hydrogen) atoms. The Morgan fingerprint density at radius 1 is 1.28 bits per heavy atom. The van der Waals surface area contributed by atoms with Crippen LogP contribution in [0, 0.1) is 6.92 Å². The fraction of sp³-hybridized carbons (Fsp3) is 0.526. The topological polar surface area (TPSA) is 73.3 Å². The third-order valence-electron chi connectivity index (χ3n) is 4.51. The van der Waals surface area contributed by atoms with Gasteiger partial charge in [0, 0.05) is 17.5 Å². The highest BCUT2D eigenvalue weighted by atomic mass is 16.5. The van der Waals surface area contributed by atoms with Crippen LogP contribution in [0.2, 0.25) is 0 Å². The zero-order valence-corrected chi connectivity index (χ0v) is 15.0. The number of nitrogens with one attached hydrogen (secondary N) is 1. The number of fused-ring (bicyclic) bond motifs is 1. The van der Waals surface area contributed by atoms with E-state index in [1.807, 2.05) is 19.1 Å². The first kappa shape index (κ1) is 17.9. The average Bonchev–Trinajstić information content (AvgIpc) is 2.51. The van der Waals surface area contributed by atoms with Crippen LogP contribution in [-0.2, 0) is 4.74 Å². The maximum Gasteiger partial charge on any atom is 0.336 e. The van der Waals surface area contributed by atoms with E-state index in [2.05, 4.69) is 13.8 Å². The minimum atomic E-state index is -0.562. The maximum absolute atomic E-state index is 11.5. The standard InChI is InChI=1S/C19H25NO5/c1-12-6-19(22)25-18-7-16(4-5-17(12)18)23-11-15(21)10-20-8-13(2)24-14(3)9-20/h4-7,13-15,21H,8-11H2,1-3H3/p+1. The third-order valence-corrected chi connectivity index (χ3v) is 4.51. The summed E-state index contributed by atoms with van der Waals surface area (Å²) in [5.41, 5.74) is 0.997. The third kappa shape index (κ3) is 4.60. The molecule has 2 heterocycles. The van der Waals surface area contributed by atoms with Gasteiger partial charge in [0.15, 0.2) is 0 Å². The van der Waals surface area contributed by atoms with Crippen molar-refractivity contribution in [1.29, 1.82) is 0 Å². The Kier molecular flexibility index (Phi) is 5.42. The van der Waals surface area contributed by atoms with E-state index < -0.39 is 6.10 Å². The second kappa shape index (κ2) is 7.56. The molecule has 0 amide bonds. The molecule has 0 spiro atoms. The summed E-state index contributed by atoms with van der Waals surface area (Å²) in [6.45, 7) is 8.60. The molecule has 3 unspecified atom stereocenters. The number of morpholine rings is 1. The molecule has 1 fully saturated rings. The number of aliphatic hydroxyl groups is 1. The van der Waals surface area contributed by atoms with Gasteiger partial charge in [-0.3, -0.25) is 0 Å². The summed E-state index contributed by atoms with van der Waals surface area (Å²) in [5.74, 6) is 0.582. The van der Waals surface area contributed by atoms with E-state index in [-0.39, 0.29) is 24.4 Å². The van der Waals surface area contributed by atoms with Gasteiger partial charge < -0.3 is 23.9 Å². The van der Waals surface area contributed by atoms with Crippen molar-refractivity contribution in [1.82, 2.24) is 0 Å².